The fourth-order valence-corrected chi connectivity index (χ4v) is 4.29. The maximum absolute atomic E-state index is 13.4. The molecule has 4 rings (SSSR count). The zero-order chi connectivity index (χ0) is 24.2. The summed E-state index contributed by atoms with van der Waals surface area (Å²) in [6.45, 7) is 2.14. The molecule has 0 unspecified atom stereocenters. The van der Waals surface area contributed by atoms with E-state index < -0.39 is 28.5 Å². The molecule has 9 nitrogen and oxygen atoms in total. The minimum Gasteiger partial charge on any atom is -0.502 e. The van der Waals surface area contributed by atoms with Crippen LogP contribution in [0.4, 0.5) is 0 Å². The third kappa shape index (κ3) is 4.84. The Morgan fingerprint density at radius 2 is 1.91 bits per heavy atom. The van der Waals surface area contributed by atoms with Gasteiger partial charge >= 0.3 is 5.97 Å². The highest BCUT2D eigenvalue weighted by Crippen LogP contribution is 2.33. The smallest absolute Gasteiger partial charge is 0.306 e. The van der Waals surface area contributed by atoms with E-state index in [0.717, 1.165) is 32.4 Å². The first kappa shape index (κ1) is 23.6. The highest BCUT2D eigenvalue weighted by Gasteiger charge is 2.30. The summed E-state index contributed by atoms with van der Waals surface area (Å²) in [5, 5.41) is 10.8. The van der Waals surface area contributed by atoms with Gasteiger partial charge in [-0.1, -0.05) is 6.42 Å². The van der Waals surface area contributed by atoms with Gasteiger partial charge in [0, 0.05) is 11.6 Å². The Hall–Kier alpha value is -3.59. The molecule has 0 bridgehead atoms. The first-order valence-electron chi connectivity index (χ1n) is 11.2. The van der Waals surface area contributed by atoms with Crippen molar-refractivity contribution in [1.29, 1.82) is 0 Å². The largest absolute Gasteiger partial charge is 0.502 e. The Labute approximate surface area is 195 Å². The van der Waals surface area contributed by atoms with E-state index in [1.165, 1.54) is 32.6 Å². The lowest BCUT2D eigenvalue weighted by atomic mass is 9.92. The van der Waals surface area contributed by atoms with E-state index in [4.69, 9.17) is 18.3 Å². The van der Waals surface area contributed by atoms with Crippen molar-refractivity contribution in [2.75, 3.05) is 27.3 Å². The van der Waals surface area contributed by atoms with Gasteiger partial charge in [0.2, 0.25) is 11.2 Å². The number of carbonyl (C=O) groups excluding carboxylic acids is 1. The Balaban J connectivity index is 1.83. The predicted octanol–water partition coefficient (Wildman–Crippen LogP) is 3.14. The molecule has 0 aliphatic carbocycles. The summed E-state index contributed by atoms with van der Waals surface area (Å²) in [4.78, 5) is 40.4. The van der Waals surface area contributed by atoms with Gasteiger partial charge < -0.3 is 23.4 Å². The lowest BCUT2D eigenvalue weighted by Crippen LogP contribution is -2.29. The number of nitrogens with zero attached hydrogens (tertiary/aromatic N) is 1. The average molecular weight is 469 g/mol. The molecule has 9 heteroatoms. The lowest BCUT2D eigenvalue weighted by Gasteiger charge is -2.26. The zero-order valence-electron chi connectivity index (χ0n) is 19.2. The van der Waals surface area contributed by atoms with Crippen LogP contribution >= 0.6 is 0 Å². The number of piperidine rings is 1. The van der Waals surface area contributed by atoms with Crippen molar-refractivity contribution in [1.82, 2.24) is 4.90 Å². The average Bonchev–Trinajstić information content (AvgIpc) is 2.85. The minimum atomic E-state index is -1.09. The predicted molar refractivity (Wildman–Crippen MR) is 123 cm³/mol. The summed E-state index contributed by atoms with van der Waals surface area (Å²) in [5.41, 5.74) is -0.692. The summed E-state index contributed by atoms with van der Waals surface area (Å²) >= 11 is 0. The number of ether oxygens (including phenoxy) is 2. The van der Waals surface area contributed by atoms with E-state index in [1.54, 1.807) is 12.1 Å². The molecule has 0 amide bonds. The Morgan fingerprint density at radius 3 is 2.62 bits per heavy atom. The molecule has 1 aliphatic heterocycles. The molecular formula is C25H27NO8. The standard InChI is InChI=1S/C25H27NO8/c1-31-15-6-7-21-18(10-15)23(29)19(14-33-21)17(12-22(28)32-2)25-24(30)20(27)11-16(34-25)13-26-8-4-3-5-9-26/h6-7,10-11,14,17,30H,3-5,8-9,12-13H2,1-2H3/t17-/m1/s1. The quantitative estimate of drug-likeness (QED) is 0.520. The molecule has 1 fully saturated rings. The van der Waals surface area contributed by atoms with Crippen LogP contribution in [0.1, 0.15) is 48.7 Å². The van der Waals surface area contributed by atoms with Gasteiger partial charge in [0.1, 0.15) is 17.1 Å². The third-order valence-electron chi connectivity index (χ3n) is 6.12. The van der Waals surface area contributed by atoms with E-state index in [9.17, 15) is 19.5 Å². The van der Waals surface area contributed by atoms with Crippen LogP contribution in [0.15, 0.2) is 49.0 Å². The van der Waals surface area contributed by atoms with Crippen LogP contribution < -0.4 is 15.6 Å². The van der Waals surface area contributed by atoms with Gasteiger partial charge in [-0.05, 0) is 44.1 Å². The second-order valence-corrected chi connectivity index (χ2v) is 8.34. The fraction of sp³-hybridized carbons (Fsp3) is 0.400. The minimum absolute atomic E-state index is 0.0553. The van der Waals surface area contributed by atoms with E-state index in [2.05, 4.69) is 4.90 Å². The van der Waals surface area contributed by atoms with E-state index in [1.807, 2.05) is 0 Å². The van der Waals surface area contributed by atoms with Crippen LogP contribution in [0, 0.1) is 0 Å². The van der Waals surface area contributed by atoms with Gasteiger partial charge in [-0.2, -0.15) is 0 Å². The van der Waals surface area contributed by atoms with Crippen molar-refractivity contribution in [2.45, 2.75) is 38.1 Å². The van der Waals surface area contributed by atoms with Crippen molar-refractivity contribution >= 4 is 16.9 Å². The van der Waals surface area contributed by atoms with Crippen LogP contribution in [-0.4, -0.2) is 43.3 Å². The van der Waals surface area contributed by atoms with Crippen LogP contribution in [0.5, 0.6) is 11.5 Å². The maximum Gasteiger partial charge on any atom is 0.306 e. The third-order valence-corrected chi connectivity index (χ3v) is 6.12. The van der Waals surface area contributed by atoms with Gasteiger partial charge in [0.15, 0.2) is 11.2 Å². The molecule has 180 valence electrons. The second-order valence-electron chi connectivity index (χ2n) is 8.34. The molecule has 2 aromatic heterocycles. The van der Waals surface area contributed by atoms with Crippen LogP contribution in [0.2, 0.25) is 0 Å². The van der Waals surface area contributed by atoms with Crippen molar-refractivity contribution < 1.29 is 28.2 Å². The van der Waals surface area contributed by atoms with Crippen molar-refractivity contribution in [3.8, 4) is 11.5 Å². The van der Waals surface area contributed by atoms with Crippen molar-refractivity contribution in [3.63, 3.8) is 0 Å². The van der Waals surface area contributed by atoms with E-state index in [-0.39, 0.29) is 23.1 Å². The molecular weight excluding hydrogens is 442 g/mol. The number of hydrogen-bond acceptors (Lipinski definition) is 9. The topological polar surface area (TPSA) is 119 Å². The van der Waals surface area contributed by atoms with Gasteiger partial charge in [-0.15, -0.1) is 0 Å². The first-order chi connectivity index (χ1) is 16.4. The Kier molecular flexibility index (Phi) is 7.02. The molecule has 1 aliphatic rings. The fourth-order valence-electron chi connectivity index (χ4n) is 4.29. The molecule has 3 aromatic rings. The first-order valence-corrected chi connectivity index (χ1v) is 11.2. The number of hydrogen-bond donors (Lipinski definition) is 1. The molecule has 1 N–H and O–H groups in total. The Morgan fingerprint density at radius 1 is 1.15 bits per heavy atom. The molecule has 0 spiro atoms. The zero-order valence-corrected chi connectivity index (χ0v) is 19.2. The summed E-state index contributed by atoms with van der Waals surface area (Å²) in [6, 6.07) is 6.04. The highest BCUT2D eigenvalue weighted by molar-refractivity contribution is 5.79. The molecule has 0 radical (unpaired) electrons. The molecule has 1 atom stereocenters. The number of likely N-dealkylation sites (tertiary alicyclic amines) is 1. The van der Waals surface area contributed by atoms with Crippen molar-refractivity contribution in [3.05, 3.63) is 68.1 Å². The van der Waals surface area contributed by atoms with Crippen LogP contribution in [0.25, 0.3) is 11.0 Å². The van der Waals surface area contributed by atoms with E-state index >= 15 is 0 Å². The Bertz CT molecular complexity index is 1300. The SMILES string of the molecule is COC(=O)C[C@@H](c1oc(CN2CCCCC2)cc(=O)c1O)c1coc2ccc(OC)cc2c1=O. The van der Waals surface area contributed by atoms with Gasteiger partial charge in [-0.3, -0.25) is 19.3 Å². The number of rotatable bonds is 7. The maximum atomic E-state index is 13.4. The van der Waals surface area contributed by atoms with Gasteiger partial charge in [0.25, 0.3) is 0 Å². The van der Waals surface area contributed by atoms with Crippen LogP contribution in [0.3, 0.4) is 0 Å². The molecule has 1 aromatic carbocycles. The molecule has 0 saturated carbocycles. The van der Waals surface area contributed by atoms with Crippen molar-refractivity contribution in [2.24, 2.45) is 0 Å². The van der Waals surface area contributed by atoms with Gasteiger partial charge in [0.05, 0.1) is 44.8 Å². The molecule has 3 heterocycles. The highest BCUT2D eigenvalue weighted by atomic mass is 16.5. The number of benzene rings is 1. The summed E-state index contributed by atoms with van der Waals surface area (Å²) in [7, 11) is 2.70. The molecule has 34 heavy (non-hydrogen) atoms. The number of aromatic hydroxyl groups is 1. The summed E-state index contributed by atoms with van der Waals surface area (Å²) in [6.07, 6.45) is 4.16. The number of methoxy groups -OCH3 is 2. The monoisotopic (exact) mass is 469 g/mol. The lowest BCUT2D eigenvalue weighted by molar-refractivity contribution is -0.140. The molecule has 1 saturated heterocycles. The number of esters is 1. The number of fused-ring (bicyclic) bond motifs is 1. The van der Waals surface area contributed by atoms with Crippen LogP contribution in [-0.2, 0) is 16.1 Å². The summed E-state index contributed by atoms with van der Waals surface area (Å²) < 4.78 is 21.6. The normalized spacial score (nSPS) is 15.2. The van der Waals surface area contributed by atoms with E-state index in [0.29, 0.717) is 23.6 Å². The second kappa shape index (κ2) is 10.1. The van der Waals surface area contributed by atoms with Gasteiger partial charge in [-0.25, -0.2) is 0 Å². The number of carbonyl (C=O) groups is 1. The summed E-state index contributed by atoms with van der Waals surface area (Å²) in [5.74, 6) is -1.74.